The van der Waals surface area contributed by atoms with E-state index in [9.17, 15) is 19.5 Å². The highest BCUT2D eigenvalue weighted by molar-refractivity contribution is 6.31. The molecule has 0 fully saturated rings. The van der Waals surface area contributed by atoms with E-state index in [1.165, 1.54) is 0 Å². The maximum atomic E-state index is 13.1. The third-order valence-corrected chi connectivity index (χ3v) is 5.74. The lowest BCUT2D eigenvalue weighted by Crippen LogP contribution is -2.41. The van der Waals surface area contributed by atoms with Crippen molar-refractivity contribution in [3.63, 3.8) is 0 Å². The molecule has 8 heteroatoms. The number of H-pyrrole nitrogens is 1. The van der Waals surface area contributed by atoms with Gasteiger partial charge in [-0.2, -0.15) is 0 Å². The van der Waals surface area contributed by atoms with Crippen LogP contribution in [0.4, 0.5) is 0 Å². The molecule has 0 saturated heterocycles. The molecule has 0 atom stereocenters. The van der Waals surface area contributed by atoms with E-state index in [2.05, 4.69) is 4.98 Å². The van der Waals surface area contributed by atoms with Crippen LogP contribution in [0.25, 0.3) is 10.9 Å². The number of halogens is 2. The maximum absolute atomic E-state index is 13.1. The number of carboxylic acid groups (broad SMARTS) is 1. The van der Waals surface area contributed by atoms with Crippen molar-refractivity contribution in [1.29, 1.82) is 0 Å². The van der Waals surface area contributed by atoms with Crippen LogP contribution in [-0.2, 0) is 9.59 Å². The molecule has 3 aromatic rings. The lowest BCUT2D eigenvalue weighted by molar-refractivity contribution is -0.163. The molecule has 1 aromatic heterocycles. The normalized spacial score (nSPS) is 11.5. The lowest BCUT2D eigenvalue weighted by Gasteiger charge is -2.24. The number of benzene rings is 2. The van der Waals surface area contributed by atoms with Gasteiger partial charge in [-0.05, 0) is 55.3 Å². The molecule has 0 spiro atoms. The van der Waals surface area contributed by atoms with Crippen molar-refractivity contribution < 1.29 is 24.2 Å². The maximum Gasteiger partial charge on any atom is 0.328 e. The molecule has 30 heavy (non-hydrogen) atoms. The van der Waals surface area contributed by atoms with Crippen LogP contribution in [0, 0.1) is 5.41 Å². The van der Waals surface area contributed by atoms with Crippen LogP contribution in [0.15, 0.2) is 42.5 Å². The molecule has 0 radical (unpaired) electrons. The summed E-state index contributed by atoms with van der Waals surface area (Å²) in [6, 6.07) is 11.0. The zero-order valence-corrected chi connectivity index (χ0v) is 17.8. The molecule has 156 valence electrons. The first kappa shape index (κ1) is 21.9. The van der Waals surface area contributed by atoms with Crippen LogP contribution >= 0.6 is 23.2 Å². The minimum absolute atomic E-state index is 0.0226. The molecule has 3 rings (SSSR count). The summed E-state index contributed by atoms with van der Waals surface area (Å²) in [5.74, 6) is -2.66. The number of carbonyl (C=O) groups is 3. The summed E-state index contributed by atoms with van der Waals surface area (Å²) in [5, 5.41) is 11.0. The molecule has 0 bridgehead atoms. The number of aromatic amines is 1. The summed E-state index contributed by atoms with van der Waals surface area (Å²) < 4.78 is 5.57. The summed E-state index contributed by atoms with van der Waals surface area (Å²) in [7, 11) is 0. The van der Waals surface area contributed by atoms with Gasteiger partial charge in [0, 0.05) is 21.0 Å². The number of ether oxygens (including phenoxy) is 1. The zero-order chi connectivity index (χ0) is 22.1. The van der Waals surface area contributed by atoms with Crippen molar-refractivity contribution in [3.05, 3.63) is 63.8 Å². The van der Waals surface area contributed by atoms with Gasteiger partial charge in [0.2, 0.25) is 5.78 Å². The van der Waals surface area contributed by atoms with Gasteiger partial charge in [0.15, 0.2) is 11.2 Å². The Morgan fingerprint density at radius 3 is 2.17 bits per heavy atom. The van der Waals surface area contributed by atoms with Gasteiger partial charge < -0.3 is 14.8 Å². The fourth-order valence-electron chi connectivity index (χ4n) is 3.27. The highest BCUT2D eigenvalue weighted by Gasteiger charge is 2.45. The first-order valence-corrected chi connectivity index (χ1v) is 10.1. The van der Waals surface area contributed by atoms with E-state index in [4.69, 9.17) is 27.9 Å². The molecule has 0 saturated carbocycles. The molecule has 1 heterocycles. The van der Waals surface area contributed by atoms with Crippen LogP contribution in [0.2, 0.25) is 10.0 Å². The number of nitrogens with one attached hydrogen (secondary N) is 1. The molecule has 2 aromatic carbocycles. The van der Waals surface area contributed by atoms with Gasteiger partial charge in [-0.15, -0.1) is 0 Å². The second-order valence-electron chi connectivity index (χ2n) is 6.84. The topological polar surface area (TPSA) is 96.5 Å². The predicted octanol–water partition coefficient (Wildman–Crippen LogP) is 5.50. The Labute approximate surface area is 182 Å². The van der Waals surface area contributed by atoms with Crippen LogP contribution in [0.1, 0.15) is 42.7 Å². The minimum atomic E-state index is -1.71. The molecule has 0 aliphatic rings. The highest BCUT2D eigenvalue weighted by Crippen LogP contribution is 2.36. The fourth-order valence-corrected chi connectivity index (χ4v) is 3.57. The van der Waals surface area contributed by atoms with E-state index in [1.54, 1.807) is 56.3 Å². The van der Waals surface area contributed by atoms with Gasteiger partial charge in [-0.3, -0.25) is 14.4 Å². The Morgan fingerprint density at radius 1 is 1.00 bits per heavy atom. The van der Waals surface area contributed by atoms with Crippen molar-refractivity contribution in [2.45, 2.75) is 26.7 Å². The van der Waals surface area contributed by atoms with Gasteiger partial charge in [0.05, 0.1) is 5.52 Å². The molecule has 0 aliphatic carbocycles. The number of carbonyl (C=O) groups excluding carboxylic acids is 2. The van der Waals surface area contributed by atoms with E-state index in [-0.39, 0.29) is 24.3 Å². The molecule has 0 amide bonds. The minimum Gasteiger partial charge on any atom is -0.480 e. The summed E-state index contributed by atoms with van der Waals surface area (Å²) in [6.45, 7) is 3.21. The fraction of sp³-hybridized carbons (Fsp3) is 0.227. The molecular formula is C22H19Cl2NO5. The molecule has 0 unspecified atom stereocenters. The SMILES string of the molecule is CCC(CC)(C(=O)O)C(=O)Oc1c(C(=O)c2ccc(Cl)cc2)[nH]c2cc(Cl)ccc12. The summed E-state index contributed by atoms with van der Waals surface area (Å²) in [5.41, 5.74) is -0.882. The predicted molar refractivity (Wildman–Crippen MR) is 114 cm³/mol. The number of aromatic nitrogens is 1. The number of hydrogen-bond donors (Lipinski definition) is 2. The second-order valence-corrected chi connectivity index (χ2v) is 7.71. The number of aliphatic carboxylic acids is 1. The van der Waals surface area contributed by atoms with E-state index in [1.807, 2.05) is 0 Å². The summed E-state index contributed by atoms with van der Waals surface area (Å²) in [4.78, 5) is 40.8. The van der Waals surface area contributed by atoms with Crippen molar-refractivity contribution >= 4 is 51.8 Å². The van der Waals surface area contributed by atoms with Crippen LogP contribution in [0.5, 0.6) is 5.75 Å². The summed E-state index contributed by atoms with van der Waals surface area (Å²) >= 11 is 12.0. The third kappa shape index (κ3) is 3.80. The van der Waals surface area contributed by atoms with Crippen molar-refractivity contribution in [1.82, 2.24) is 4.98 Å². The number of carboxylic acids is 1. The Hall–Kier alpha value is -2.83. The van der Waals surface area contributed by atoms with E-state index in [0.29, 0.717) is 26.5 Å². The quantitative estimate of drug-likeness (QED) is 0.283. The van der Waals surface area contributed by atoms with Crippen LogP contribution < -0.4 is 4.74 Å². The van der Waals surface area contributed by atoms with E-state index >= 15 is 0 Å². The number of rotatable bonds is 7. The number of ketones is 1. The molecule has 6 nitrogen and oxygen atoms in total. The number of hydrogen-bond acceptors (Lipinski definition) is 4. The van der Waals surface area contributed by atoms with Crippen LogP contribution in [0.3, 0.4) is 0 Å². The Kier molecular flexibility index (Phi) is 6.19. The molecule has 2 N–H and O–H groups in total. The Balaban J connectivity index is 2.14. The number of fused-ring (bicyclic) bond motifs is 1. The van der Waals surface area contributed by atoms with Gasteiger partial charge in [0.1, 0.15) is 5.69 Å². The van der Waals surface area contributed by atoms with Crippen molar-refractivity contribution in [3.8, 4) is 5.75 Å². The van der Waals surface area contributed by atoms with Gasteiger partial charge in [0.25, 0.3) is 0 Å². The second kappa shape index (κ2) is 8.50. The molecule has 0 aliphatic heterocycles. The third-order valence-electron chi connectivity index (χ3n) is 5.25. The first-order valence-electron chi connectivity index (χ1n) is 9.30. The molecular weight excluding hydrogens is 429 g/mol. The largest absolute Gasteiger partial charge is 0.480 e. The van der Waals surface area contributed by atoms with E-state index < -0.39 is 23.1 Å². The standard InChI is InChI=1S/C22H19Cl2NO5/c1-3-22(4-2,20(27)28)21(29)30-19-15-10-9-14(24)11-16(15)25-17(19)18(26)12-5-7-13(23)8-6-12/h5-11,25H,3-4H2,1-2H3,(H,27,28). The lowest BCUT2D eigenvalue weighted by atomic mass is 9.82. The monoisotopic (exact) mass is 447 g/mol. The van der Waals surface area contributed by atoms with Gasteiger partial charge >= 0.3 is 11.9 Å². The van der Waals surface area contributed by atoms with Crippen molar-refractivity contribution in [2.24, 2.45) is 5.41 Å². The van der Waals surface area contributed by atoms with Gasteiger partial charge in [-0.1, -0.05) is 37.0 Å². The number of esters is 1. The Bertz CT molecular complexity index is 1130. The average molecular weight is 448 g/mol. The van der Waals surface area contributed by atoms with Crippen molar-refractivity contribution in [2.75, 3.05) is 0 Å². The Morgan fingerprint density at radius 2 is 1.60 bits per heavy atom. The average Bonchev–Trinajstić information content (AvgIpc) is 3.06. The smallest absolute Gasteiger partial charge is 0.328 e. The van der Waals surface area contributed by atoms with Crippen LogP contribution in [-0.4, -0.2) is 27.8 Å². The highest BCUT2D eigenvalue weighted by atomic mass is 35.5. The first-order chi connectivity index (χ1) is 14.2. The zero-order valence-electron chi connectivity index (χ0n) is 16.3. The van der Waals surface area contributed by atoms with Gasteiger partial charge in [-0.25, -0.2) is 0 Å². The summed E-state index contributed by atoms with van der Waals surface area (Å²) in [6.07, 6.45) is 0.0959. The van der Waals surface area contributed by atoms with E-state index in [0.717, 1.165) is 0 Å².